The summed E-state index contributed by atoms with van der Waals surface area (Å²) in [6.07, 6.45) is -4.62. The first-order valence-corrected chi connectivity index (χ1v) is 9.51. The van der Waals surface area contributed by atoms with Crippen LogP contribution in [0.3, 0.4) is 0 Å². The number of carbonyl (C=O) groups is 1. The molecule has 3 aromatic rings. The lowest BCUT2D eigenvalue weighted by Crippen LogP contribution is -2.34. The molecule has 0 radical (unpaired) electrons. The highest BCUT2D eigenvalue weighted by Gasteiger charge is 2.36. The zero-order valence-electron chi connectivity index (χ0n) is 16.4. The standard InChI is InChI=1S/C23H21F3N2O2/c1-2-21(29)27-14-18-19(23(24,25)26)13-20(17-11-7-4-8-12-17)28(22(18)30)15-16-9-5-3-6-10-16/h3-13H,2,14-15H2,1H3,(H,27,29). The Morgan fingerprint density at radius 3 is 2.17 bits per heavy atom. The van der Waals surface area contributed by atoms with Crippen molar-refractivity contribution in [1.82, 2.24) is 9.88 Å². The first-order chi connectivity index (χ1) is 14.3. The quantitative estimate of drug-likeness (QED) is 0.641. The average molecular weight is 414 g/mol. The number of pyridine rings is 1. The first kappa shape index (κ1) is 21.4. The van der Waals surface area contributed by atoms with Gasteiger partial charge in [0.1, 0.15) is 0 Å². The van der Waals surface area contributed by atoms with E-state index in [1.165, 1.54) is 4.57 Å². The number of nitrogens with zero attached hydrogens (tertiary/aromatic N) is 1. The first-order valence-electron chi connectivity index (χ1n) is 9.51. The van der Waals surface area contributed by atoms with Crippen LogP contribution in [0.1, 0.15) is 30.0 Å². The van der Waals surface area contributed by atoms with Crippen LogP contribution in [0, 0.1) is 0 Å². The third-order valence-corrected chi connectivity index (χ3v) is 4.74. The van der Waals surface area contributed by atoms with Crippen molar-refractivity contribution < 1.29 is 18.0 Å². The van der Waals surface area contributed by atoms with E-state index in [2.05, 4.69) is 5.32 Å². The Balaban J connectivity index is 2.23. The maximum absolute atomic E-state index is 13.8. The van der Waals surface area contributed by atoms with E-state index in [1.807, 2.05) is 6.07 Å². The Morgan fingerprint density at radius 2 is 1.60 bits per heavy atom. The van der Waals surface area contributed by atoms with Gasteiger partial charge in [-0.15, -0.1) is 0 Å². The summed E-state index contributed by atoms with van der Waals surface area (Å²) in [6.45, 7) is 1.22. The van der Waals surface area contributed by atoms with Crippen LogP contribution in [0.5, 0.6) is 0 Å². The van der Waals surface area contributed by atoms with Crippen LogP contribution in [0.15, 0.2) is 71.5 Å². The van der Waals surface area contributed by atoms with Crippen LogP contribution in [0.25, 0.3) is 11.3 Å². The van der Waals surface area contributed by atoms with Crippen LogP contribution in [-0.2, 0) is 24.1 Å². The second-order valence-corrected chi connectivity index (χ2v) is 6.79. The number of nitrogens with one attached hydrogen (secondary N) is 1. The summed E-state index contributed by atoms with van der Waals surface area (Å²) in [5, 5.41) is 2.40. The van der Waals surface area contributed by atoms with Crippen molar-refractivity contribution in [3.05, 3.63) is 93.8 Å². The van der Waals surface area contributed by atoms with Gasteiger partial charge in [-0.2, -0.15) is 13.2 Å². The smallest absolute Gasteiger partial charge is 0.352 e. The average Bonchev–Trinajstić information content (AvgIpc) is 2.74. The summed E-state index contributed by atoms with van der Waals surface area (Å²) in [7, 11) is 0. The number of hydrogen-bond acceptors (Lipinski definition) is 2. The molecule has 1 heterocycles. The predicted molar refractivity (Wildman–Crippen MR) is 109 cm³/mol. The second kappa shape index (κ2) is 8.98. The molecule has 0 aliphatic carbocycles. The molecule has 1 amide bonds. The Labute approximate surface area is 172 Å². The van der Waals surface area contributed by atoms with Gasteiger partial charge in [-0.05, 0) is 17.2 Å². The topological polar surface area (TPSA) is 51.1 Å². The van der Waals surface area contributed by atoms with Crippen LogP contribution in [0.2, 0.25) is 0 Å². The highest BCUT2D eigenvalue weighted by molar-refractivity contribution is 5.75. The van der Waals surface area contributed by atoms with Gasteiger partial charge in [-0.3, -0.25) is 9.59 Å². The van der Waals surface area contributed by atoms with Gasteiger partial charge in [0.25, 0.3) is 5.56 Å². The van der Waals surface area contributed by atoms with Crippen molar-refractivity contribution in [2.75, 3.05) is 0 Å². The van der Waals surface area contributed by atoms with Crippen molar-refractivity contribution in [1.29, 1.82) is 0 Å². The molecule has 0 atom stereocenters. The van der Waals surface area contributed by atoms with Crippen LogP contribution >= 0.6 is 0 Å². The fourth-order valence-corrected chi connectivity index (χ4v) is 3.20. The molecule has 0 aliphatic heterocycles. The number of halogens is 3. The van der Waals surface area contributed by atoms with Gasteiger partial charge < -0.3 is 9.88 Å². The van der Waals surface area contributed by atoms with Crippen molar-refractivity contribution in [2.24, 2.45) is 0 Å². The van der Waals surface area contributed by atoms with Crippen molar-refractivity contribution in [3.8, 4) is 11.3 Å². The molecule has 4 nitrogen and oxygen atoms in total. The minimum atomic E-state index is -4.74. The van der Waals surface area contributed by atoms with E-state index in [0.717, 1.165) is 11.6 Å². The third-order valence-electron chi connectivity index (χ3n) is 4.74. The molecule has 1 aromatic heterocycles. The molecule has 0 unspecified atom stereocenters. The van der Waals surface area contributed by atoms with Gasteiger partial charge in [-0.25, -0.2) is 0 Å². The number of aromatic nitrogens is 1. The minimum Gasteiger partial charge on any atom is -0.352 e. The van der Waals surface area contributed by atoms with Gasteiger partial charge in [0.05, 0.1) is 17.8 Å². The van der Waals surface area contributed by atoms with E-state index in [9.17, 15) is 22.8 Å². The molecule has 0 saturated carbocycles. The number of amides is 1. The zero-order chi connectivity index (χ0) is 21.7. The summed E-state index contributed by atoms with van der Waals surface area (Å²) in [5.74, 6) is -0.427. The van der Waals surface area contributed by atoms with Gasteiger partial charge in [-0.1, -0.05) is 67.6 Å². The lowest BCUT2D eigenvalue weighted by Gasteiger charge is -2.20. The number of benzene rings is 2. The van der Waals surface area contributed by atoms with E-state index in [1.54, 1.807) is 61.5 Å². The van der Waals surface area contributed by atoms with Crippen molar-refractivity contribution >= 4 is 5.91 Å². The maximum Gasteiger partial charge on any atom is 0.417 e. The molecule has 0 spiro atoms. The number of carbonyl (C=O) groups excluding carboxylic acids is 1. The Morgan fingerprint density at radius 1 is 1.00 bits per heavy atom. The van der Waals surface area contributed by atoms with Gasteiger partial charge in [0, 0.05) is 18.5 Å². The summed E-state index contributed by atoms with van der Waals surface area (Å²) >= 11 is 0. The SMILES string of the molecule is CCC(=O)NCc1c(C(F)(F)F)cc(-c2ccccc2)n(Cc2ccccc2)c1=O. The van der Waals surface area contributed by atoms with E-state index in [0.29, 0.717) is 5.56 Å². The highest BCUT2D eigenvalue weighted by Crippen LogP contribution is 2.34. The Hall–Kier alpha value is -3.35. The van der Waals surface area contributed by atoms with Crippen molar-refractivity contribution in [2.45, 2.75) is 32.6 Å². The monoisotopic (exact) mass is 414 g/mol. The molecule has 0 saturated heterocycles. The summed E-state index contributed by atoms with van der Waals surface area (Å²) in [5.41, 5.74) is -0.835. The van der Waals surface area contributed by atoms with Gasteiger partial charge in [0.15, 0.2) is 0 Å². The second-order valence-electron chi connectivity index (χ2n) is 6.79. The highest BCUT2D eigenvalue weighted by atomic mass is 19.4. The third kappa shape index (κ3) is 4.79. The van der Waals surface area contributed by atoms with Crippen LogP contribution < -0.4 is 10.9 Å². The molecular formula is C23H21F3N2O2. The number of alkyl halides is 3. The number of hydrogen-bond donors (Lipinski definition) is 1. The molecular weight excluding hydrogens is 393 g/mol. The van der Waals surface area contributed by atoms with E-state index in [-0.39, 0.29) is 18.7 Å². The maximum atomic E-state index is 13.8. The fraction of sp³-hybridized carbons (Fsp3) is 0.217. The lowest BCUT2D eigenvalue weighted by atomic mass is 10.0. The fourth-order valence-electron chi connectivity index (χ4n) is 3.20. The largest absolute Gasteiger partial charge is 0.417 e. The summed E-state index contributed by atoms with van der Waals surface area (Å²) < 4.78 is 42.8. The molecule has 30 heavy (non-hydrogen) atoms. The number of rotatable bonds is 6. The molecule has 3 rings (SSSR count). The summed E-state index contributed by atoms with van der Waals surface area (Å²) in [4.78, 5) is 24.9. The van der Waals surface area contributed by atoms with Gasteiger partial charge >= 0.3 is 6.18 Å². The minimum absolute atomic E-state index is 0.108. The van der Waals surface area contributed by atoms with E-state index < -0.39 is 35.3 Å². The molecule has 7 heteroatoms. The molecule has 0 aliphatic rings. The normalized spacial score (nSPS) is 11.3. The van der Waals surface area contributed by atoms with E-state index >= 15 is 0 Å². The molecule has 2 aromatic carbocycles. The zero-order valence-corrected chi connectivity index (χ0v) is 16.4. The van der Waals surface area contributed by atoms with E-state index in [4.69, 9.17) is 0 Å². The van der Waals surface area contributed by atoms with Crippen molar-refractivity contribution in [3.63, 3.8) is 0 Å². The Kier molecular flexibility index (Phi) is 6.40. The van der Waals surface area contributed by atoms with Gasteiger partial charge in [0.2, 0.25) is 5.91 Å². The predicted octanol–water partition coefficient (Wildman–Crippen LogP) is 4.61. The van der Waals surface area contributed by atoms with Crippen LogP contribution in [0.4, 0.5) is 13.2 Å². The molecule has 0 fully saturated rings. The molecule has 1 N–H and O–H groups in total. The molecule has 156 valence electrons. The Bertz CT molecular complexity index is 1080. The van der Waals surface area contributed by atoms with Crippen LogP contribution in [-0.4, -0.2) is 10.5 Å². The summed E-state index contributed by atoms with van der Waals surface area (Å²) in [6, 6.07) is 18.5. The molecule has 0 bridgehead atoms. The lowest BCUT2D eigenvalue weighted by molar-refractivity contribution is -0.138.